The number of alkyl carbamates (subject to hydrolysis) is 1. The molecule has 0 radical (unpaired) electrons. The van der Waals surface area contributed by atoms with Gasteiger partial charge in [-0.15, -0.1) is 11.8 Å². The van der Waals surface area contributed by atoms with Gasteiger partial charge in [0.2, 0.25) is 5.91 Å². The Morgan fingerprint density at radius 3 is 2.32 bits per heavy atom. The number of fused-ring (bicyclic) bond motifs is 3. The number of carbonyl (C=O) groups is 3. The molecule has 2 aromatic rings. The van der Waals surface area contributed by atoms with Crippen molar-refractivity contribution < 1.29 is 24.2 Å². The van der Waals surface area contributed by atoms with Gasteiger partial charge in [0.05, 0.1) is 5.92 Å². The van der Waals surface area contributed by atoms with Crippen LogP contribution in [0.25, 0.3) is 11.1 Å². The van der Waals surface area contributed by atoms with Crippen LogP contribution in [-0.2, 0) is 14.3 Å². The van der Waals surface area contributed by atoms with E-state index in [1.165, 1.54) is 0 Å². The summed E-state index contributed by atoms with van der Waals surface area (Å²) in [6.07, 6.45) is 1.26. The molecule has 2 amide bonds. The molecule has 3 atom stereocenters. The first-order valence-electron chi connectivity index (χ1n) is 11.5. The number of carbonyl (C=O) groups excluding carboxylic acids is 2. The van der Waals surface area contributed by atoms with Crippen molar-refractivity contribution in [1.82, 2.24) is 10.6 Å². The Morgan fingerprint density at radius 2 is 1.71 bits per heavy atom. The second kappa shape index (κ2) is 10.4. The maximum Gasteiger partial charge on any atom is 0.407 e. The maximum absolute atomic E-state index is 12.9. The average molecular weight is 461 g/mol. The van der Waals surface area contributed by atoms with Crippen LogP contribution in [0, 0.1) is 17.8 Å². The van der Waals surface area contributed by atoms with E-state index in [2.05, 4.69) is 34.6 Å². The van der Waals surface area contributed by atoms with Crippen LogP contribution < -0.4 is 10.6 Å². The van der Waals surface area contributed by atoms with Crippen molar-refractivity contribution in [3.05, 3.63) is 59.7 Å². The van der Waals surface area contributed by atoms with Gasteiger partial charge in [-0.05, 0) is 42.0 Å². The smallest absolute Gasteiger partial charge is 0.407 e. The van der Waals surface area contributed by atoms with Gasteiger partial charge in [0, 0.05) is 18.4 Å². The Morgan fingerprint density at radius 1 is 1.06 bits per heavy atom. The minimum atomic E-state index is -0.932. The fraction of sp³-hybridized carbons (Fsp3) is 0.370. The molecule has 0 bridgehead atoms. The number of benzene rings is 2. The Balaban J connectivity index is 1.40. The second-order valence-electron chi connectivity index (χ2n) is 8.64. The fourth-order valence-electron chi connectivity index (χ4n) is 4.91. The van der Waals surface area contributed by atoms with Crippen LogP contribution in [0.3, 0.4) is 0 Å². The lowest BCUT2D eigenvalue weighted by molar-refractivity contribution is -0.142. The molecule has 2 aliphatic carbocycles. The summed E-state index contributed by atoms with van der Waals surface area (Å²) < 4.78 is 5.56. The number of carboxylic acids is 1. The lowest BCUT2D eigenvalue weighted by Crippen LogP contribution is -2.51. The van der Waals surface area contributed by atoms with Crippen molar-refractivity contribution in [2.45, 2.75) is 50.6 Å². The molecular formula is C27H28N2O5. The lowest BCUT2D eigenvalue weighted by Gasteiger charge is -2.22. The normalized spacial score (nSPS) is 19.2. The number of ether oxygens (including phenoxy) is 1. The third-order valence-electron chi connectivity index (χ3n) is 6.60. The van der Waals surface area contributed by atoms with Crippen molar-refractivity contribution in [3.63, 3.8) is 0 Å². The van der Waals surface area contributed by atoms with E-state index in [0.29, 0.717) is 12.8 Å². The van der Waals surface area contributed by atoms with E-state index in [1.807, 2.05) is 36.4 Å². The number of amides is 2. The predicted octanol–water partition coefficient (Wildman–Crippen LogP) is 3.68. The molecular weight excluding hydrogens is 432 g/mol. The molecule has 0 aromatic heterocycles. The van der Waals surface area contributed by atoms with E-state index in [0.717, 1.165) is 28.7 Å². The van der Waals surface area contributed by atoms with E-state index in [1.54, 1.807) is 6.92 Å². The van der Waals surface area contributed by atoms with E-state index in [9.17, 15) is 19.5 Å². The number of aliphatic carboxylic acids is 1. The minimum Gasteiger partial charge on any atom is -0.481 e. The number of hydrogen-bond donors (Lipinski definition) is 3. The highest BCUT2D eigenvalue weighted by molar-refractivity contribution is 5.87. The van der Waals surface area contributed by atoms with Crippen molar-refractivity contribution in [2.75, 3.05) is 6.61 Å². The number of rotatable bonds is 7. The zero-order chi connectivity index (χ0) is 24.1. The van der Waals surface area contributed by atoms with Crippen LogP contribution in [0.1, 0.15) is 49.7 Å². The first-order chi connectivity index (χ1) is 16.5. The number of hydrogen-bond acceptors (Lipinski definition) is 4. The van der Waals surface area contributed by atoms with Crippen molar-refractivity contribution in [1.29, 1.82) is 0 Å². The second-order valence-corrected chi connectivity index (χ2v) is 8.64. The Kier molecular flexibility index (Phi) is 7.17. The molecule has 1 saturated carbocycles. The third kappa shape index (κ3) is 4.91. The standard InChI is InChI=1S/C27H28N2O5/c1-2-3-14-24(25(30)28-23-15-8-13-21(23)26(31)32)29-27(33)34-16-22-19-11-6-4-9-17(19)18-10-5-7-12-20(18)22/h4-7,9-12,21-24H,8,13-16H2,1H3,(H,28,30)(H,29,33)(H,31,32)/t21-,23+,24?/m0/s1. The molecule has 1 fully saturated rings. The lowest BCUT2D eigenvalue weighted by atomic mass is 9.98. The van der Waals surface area contributed by atoms with Crippen molar-refractivity contribution in [3.8, 4) is 23.0 Å². The molecule has 3 N–H and O–H groups in total. The third-order valence-corrected chi connectivity index (χ3v) is 6.60. The molecule has 2 aliphatic rings. The molecule has 34 heavy (non-hydrogen) atoms. The molecule has 176 valence electrons. The summed E-state index contributed by atoms with van der Waals surface area (Å²) in [6, 6.07) is 14.7. The highest BCUT2D eigenvalue weighted by Crippen LogP contribution is 2.44. The predicted molar refractivity (Wildman–Crippen MR) is 127 cm³/mol. The maximum atomic E-state index is 12.9. The van der Waals surface area contributed by atoms with Crippen molar-refractivity contribution in [2.24, 2.45) is 5.92 Å². The van der Waals surface area contributed by atoms with Gasteiger partial charge < -0.3 is 20.5 Å². The van der Waals surface area contributed by atoms with Crippen LogP contribution in [0.4, 0.5) is 4.79 Å². The summed E-state index contributed by atoms with van der Waals surface area (Å²) in [5.74, 6) is 3.48. The Labute approximate surface area is 198 Å². The fourth-order valence-corrected chi connectivity index (χ4v) is 4.91. The largest absolute Gasteiger partial charge is 0.481 e. The Bertz CT molecular complexity index is 1100. The van der Waals surface area contributed by atoms with E-state index < -0.39 is 36.0 Å². The SMILES string of the molecule is CC#CCC(NC(=O)OCC1c2ccccc2-c2ccccc21)C(=O)N[C@@H]1CCC[C@@H]1C(=O)O. The van der Waals surface area contributed by atoms with Crippen LogP contribution in [0.2, 0.25) is 0 Å². The Hall–Kier alpha value is -3.79. The zero-order valence-corrected chi connectivity index (χ0v) is 19.0. The highest BCUT2D eigenvalue weighted by atomic mass is 16.5. The molecule has 1 unspecified atom stereocenters. The van der Waals surface area contributed by atoms with Gasteiger partial charge in [-0.25, -0.2) is 4.79 Å². The summed E-state index contributed by atoms with van der Waals surface area (Å²) >= 11 is 0. The first kappa shape index (κ1) is 23.4. The van der Waals surface area contributed by atoms with Crippen molar-refractivity contribution >= 4 is 18.0 Å². The van der Waals surface area contributed by atoms with Gasteiger partial charge in [0.15, 0.2) is 0 Å². The number of carboxylic acid groups (broad SMARTS) is 1. The average Bonchev–Trinajstić information content (AvgIpc) is 3.43. The summed E-state index contributed by atoms with van der Waals surface area (Å²) in [4.78, 5) is 36.9. The van der Waals surface area contributed by atoms with E-state index in [4.69, 9.17) is 4.74 Å². The van der Waals surface area contributed by atoms with Gasteiger partial charge >= 0.3 is 12.1 Å². The van der Waals surface area contributed by atoms with E-state index >= 15 is 0 Å². The molecule has 0 aliphatic heterocycles. The van der Waals surface area contributed by atoms with Crippen LogP contribution in [-0.4, -0.2) is 41.8 Å². The molecule has 0 heterocycles. The van der Waals surface area contributed by atoms with Gasteiger partial charge in [-0.3, -0.25) is 9.59 Å². The summed E-state index contributed by atoms with van der Waals surface area (Å²) in [7, 11) is 0. The quantitative estimate of drug-likeness (QED) is 0.547. The van der Waals surface area contributed by atoms with Gasteiger partial charge in [0.1, 0.15) is 12.6 Å². The van der Waals surface area contributed by atoms with Crippen LogP contribution in [0.5, 0.6) is 0 Å². The zero-order valence-electron chi connectivity index (χ0n) is 19.0. The van der Waals surface area contributed by atoms with Gasteiger partial charge in [-0.1, -0.05) is 55.0 Å². The van der Waals surface area contributed by atoms with Gasteiger partial charge in [0.25, 0.3) is 0 Å². The summed E-state index contributed by atoms with van der Waals surface area (Å²) in [5.41, 5.74) is 4.46. The molecule has 2 aromatic carbocycles. The van der Waals surface area contributed by atoms with Crippen LogP contribution in [0.15, 0.2) is 48.5 Å². The topological polar surface area (TPSA) is 105 Å². The monoisotopic (exact) mass is 460 g/mol. The van der Waals surface area contributed by atoms with Crippen LogP contribution >= 0.6 is 0 Å². The molecule has 0 spiro atoms. The minimum absolute atomic E-state index is 0.0873. The van der Waals surface area contributed by atoms with E-state index in [-0.39, 0.29) is 18.9 Å². The molecule has 4 rings (SSSR count). The van der Waals surface area contributed by atoms with Gasteiger partial charge in [-0.2, -0.15) is 0 Å². The first-order valence-corrected chi connectivity index (χ1v) is 11.5. The molecule has 0 saturated heterocycles. The molecule has 7 heteroatoms. The summed E-state index contributed by atoms with van der Waals surface area (Å²) in [5, 5.41) is 14.8. The highest BCUT2D eigenvalue weighted by Gasteiger charge is 2.35. The summed E-state index contributed by atoms with van der Waals surface area (Å²) in [6.45, 7) is 1.79. The number of nitrogens with one attached hydrogen (secondary N) is 2. The molecule has 7 nitrogen and oxygen atoms in total.